The van der Waals surface area contributed by atoms with Gasteiger partial charge in [-0.05, 0) is 24.6 Å². The number of carboxylic acid groups (broad SMARTS) is 1. The zero-order chi connectivity index (χ0) is 13.4. The van der Waals surface area contributed by atoms with Gasteiger partial charge in [0.05, 0.1) is 0 Å². The molecule has 0 radical (unpaired) electrons. The number of ether oxygens (including phenoxy) is 1. The number of unbranched alkanes of at least 4 members (excludes halogenated alkanes) is 1. The van der Waals surface area contributed by atoms with E-state index in [0.717, 1.165) is 12.8 Å². The Morgan fingerprint density at radius 2 is 2.17 bits per heavy atom. The fourth-order valence-electron chi connectivity index (χ4n) is 1.35. The van der Waals surface area contributed by atoms with E-state index in [-0.39, 0.29) is 5.91 Å². The highest BCUT2D eigenvalue weighted by Crippen LogP contribution is 2.13. The molecule has 0 saturated heterocycles. The van der Waals surface area contributed by atoms with Crippen LogP contribution in [0.15, 0.2) is 24.3 Å². The summed E-state index contributed by atoms with van der Waals surface area (Å²) in [6.45, 7) is 2.27. The molecule has 0 aliphatic rings. The van der Waals surface area contributed by atoms with Gasteiger partial charge in [-0.15, -0.1) is 0 Å². The van der Waals surface area contributed by atoms with Gasteiger partial charge in [-0.3, -0.25) is 4.79 Å². The lowest BCUT2D eigenvalue weighted by atomic mass is 10.2. The monoisotopic (exact) mass is 251 g/mol. The van der Waals surface area contributed by atoms with Crippen LogP contribution in [0.1, 0.15) is 30.1 Å². The lowest BCUT2D eigenvalue weighted by molar-refractivity contribution is -0.139. The molecule has 1 amide bonds. The predicted octanol–water partition coefficient (Wildman–Crippen LogP) is 1.68. The molecule has 0 heterocycles. The van der Waals surface area contributed by atoms with Crippen molar-refractivity contribution in [3.8, 4) is 5.75 Å². The Labute approximate surface area is 106 Å². The molecule has 2 N–H and O–H groups in total. The largest absolute Gasteiger partial charge is 0.482 e. The summed E-state index contributed by atoms with van der Waals surface area (Å²) in [7, 11) is 0. The molecule has 0 aliphatic heterocycles. The molecule has 0 fully saturated rings. The second kappa shape index (κ2) is 7.32. The average molecular weight is 251 g/mol. The predicted molar refractivity (Wildman–Crippen MR) is 66.8 cm³/mol. The molecule has 0 unspecified atom stereocenters. The lowest BCUT2D eigenvalue weighted by Gasteiger charge is -2.07. The fourth-order valence-corrected chi connectivity index (χ4v) is 1.35. The number of hydrogen-bond acceptors (Lipinski definition) is 3. The number of benzene rings is 1. The van der Waals surface area contributed by atoms with Crippen molar-refractivity contribution in [2.45, 2.75) is 19.8 Å². The van der Waals surface area contributed by atoms with Gasteiger partial charge < -0.3 is 15.2 Å². The molecule has 0 aliphatic carbocycles. The maximum Gasteiger partial charge on any atom is 0.341 e. The molecular weight excluding hydrogens is 234 g/mol. The number of carbonyl (C=O) groups excluding carboxylic acids is 1. The second-order valence-electron chi connectivity index (χ2n) is 3.82. The van der Waals surface area contributed by atoms with Gasteiger partial charge in [-0.1, -0.05) is 19.4 Å². The number of amides is 1. The minimum Gasteiger partial charge on any atom is -0.482 e. The van der Waals surface area contributed by atoms with Gasteiger partial charge in [-0.25, -0.2) is 4.79 Å². The van der Waals surface area contributed by atoms with Crippen LogP contribution in [0, 0.1) is 0 Å². The Morgan fingerprint density at radius 3 is 2.83 bits per heavy atom. The first-order valence-corrected chi connectivity index (χ1v) is 5.86. The van der Waals surface area contributed by atoms with Gasteiger partial charge in [0.25, 0.3) is 5.91 Å². The van der Waals surface area contributed by atoms with Crippen LogP contribution in [0.3, 0.4) is 0 Å². The summed E-state index contributed by atoms with van der Waals surface area (Å²) in [6.07, 6.45) is 1.95. The van der Waals surface area contributed by atoms with Crippen molar-refractivity contribution >= 4 is 11.9 Å². The van der Waals surface area contributed by atoms with Crippen molar-refractivity contribution in [1.29, 1.82) is 0 Å². The number of hydrogen-bond donors (Lipinski definition) is 2. The van der Waals surface area contributed by atoms with Crippen LogP contribution >= 0.6 is 0 Å². The summed E-state index contributed by atoms with van der Waals surface area (Å²) in [5.74, 6) is -0.849. The SMILES string of the molecule is CCCCNC(=O)c1cccc(OCC(=O)O)c1. The zero-order valence-electron chi connectivity index (χ0n) is 10.3. The van der Waals surface area contributed by atoms with E-state index in [1.807, 2.05) is 6.92 Å². The molecule has 1 rings (SSSR count). The number of nitrogens with one attached hydrogen (secondary N) is 1. The van der Waals surface area contributed by atoms with E-state index in [2.05, 4.69) is 5.32 Å². The number of aliphatic carboxylic acids is 1. The molecule has 0 spiro atoms. The highest BCUT2D eigenvalue weighted by atomic mass is 16.5. The van der Waals surface area contributed by atoms with Crippen LogP contribution in [0.25, 0.3) is 0 Å². The smallest absolute Gasteiger partial charge is 0.341 e. The normalized spacial score (nSPS) is 9.83. The van der Waals surface area contributed by atoms with Crippen molar-refractivity contribution in [2.75, 3.05) is 13.2 Å². The van der Waals surface area contributed by atoms with Crippen molar-refractivity contribution in [1.82, 2.24) is 5.32 Å². The van der Waals surface area contributed by atoms with Crippen LogP contribution < -0.4 is 10.1 Å². The van der Waals surface area contributed by atoms with Gasteiger partial charge in [0.15, 0.2) is 6.61 Å². The van der Waals surface area contributed by atoms with E-state index in [4.69, 9.17) is 9.84 Å². The minimum absolute atomic E-state index is 0.177. The number of carbonyl (C=O) groups is 2. The first kappa shape index (κ1) is 14.0. The summed E-state index contributed by atoms with van der Waals surface area (Å²) in [5, 5.41) is 11.3. The van der Waals surface area contributed by atoms with Gasteiger partial charge in [-0.2, -0.15) is 0 Å². The Kier molecular flexibility index (Phi) is 5.70. The number of rotatable bonds is 7. The standard InChI is InChI=1S/C13H17NO4/c1-2-3-7-14-13(17)10-5-4-6-11(8-10)18-9-12(15)16/h4-6,8H,2-3,7,9H2,1H3,(H,14,17)(H,15,16). The highest BCUT2D eigenvalue weighted by Gasteiger charge is 2.06. The third-order valence-corrected chi connectivity index (χ3v) is 2.27. The third kappa shape index (κ3) is 4.86. The molecule has 0 atom stereocenters. The van der Waals surface area contributed by atoms with E-state index >= 15 is 0 Å². The van der Waals surface area contributed by atoms with Crippen molar-refractivity contribution in [3.05, 3.63) is 29.8 Å². The molecule has 1 aromatic rings. The van der Waals surface area contributed by atoms with E-state index in [1.165, 1.54) is 6.07 Å². The van der Waals surface area contributed by atoms with E-state index in [9.17, 15) is 9.59 Å². The van der Waals surface area contributed by atoms with Crippen LogP contribution in [0.5, 0.6) is 5.75 Å². The maximum absolute atomic E-state index is 11.7. The van der Waals surface area contributed by atoms with Gasteiger partial charge in [0.2, 0.25) is 0 Å². The molecule has 98 valence electrons. The van der Waals surface area contributed by atoms with E-state index in [1.54, 1.807) is 18.2 Å². The summed E-state index contributed by atoms with van der Waals surface area (Å²) < 4.78 is 5.00. The minimum atomic E-state index is -1.05. The molecular formula is C13H17NO4. The summed E-state index contributed by atoms with van der Waals surface area (Å²) in [6, 6.07) is 6.47. The first-order valence-electron chi connectivity index (χ1n) is 5.86. The second-order valence-corrected chi connectivity index (χ2v) is 3.82. The molecule has 5 nitrogen and oxygen atoms in total. The van der Waals surface area contributed by atoms with Crippen LogP contribution in [-0.2, 0) is 4.79 Å². The Hall–Kier alpha value is -2.04. The first-order chi connectivity index (χ1) is 8.63. The van der Waals surface area contributed by atoms with Crippen molar-refractivity contribution < 1.29 is 19.4 Å². The van der Waals surface area contributed by atoms with Crippen molar-refractivity contribution in [3.63, 3.8) is 0 Å². The van der Waals surface area contributed by atoms with Gasteiger partial charge in [0, 0.05) is 12.1 Å². The maximum atomic E-state index is 11.7. The molecule has 1 aromatic carbocycles. The Bertz CT molecular complexity index is 417. The van der Waals surface area contributed by atoms with Gasteiger partial charge in [0.1, 0.15) is 5.75 Å². The van der Waals surface area contributed by atoms with E-state index in [0.29, 0.717) is 17.9 Å². The summed E-state index contributed by atoms with van der Waals surface area (Å²) in [4.78, 5) is 22.1. The van der Waals surface area contributed by atoms with Gasteiger partial charge >= 0.3 is 5.97 Å². The van der Waals surface area contributed by atoms with Crippen LogP contribution in [0.2, 0.25) is 0 Å². The molecule has 0 saturated carbocycles. The summed E-state index contributed by atoms with van der Waals surface area (Å²) >= 11 is 0. The Balaban J connectivity index is 2.57. The molecule has 18 heavy (non-hydrogen) atoms. The third-order valence-electron chi connectivity index (χ3n) is 2.27. The topological polar surface area (TPSA) is 75.6 Å². The van der Waals surface area contributed by atoms with Crippen LogP contribution in [0.4, 0.5) is 0 Å². The lowest BCUT2D eigenvalue weighted by Crippen LogP contribution is -2.24. The van der Waals surface area contributed by atoms with Crippen molar-refractivity contribution in [2.24, 2.45) is 0 Å². The van der Waals surface area contributed by atoms with Crippen LogP contribution in [-0.4, -0.2) is 30.1 Å². The highest BCUT2D eigenvalue weighted by molar-refractivity contribution is 5.94. The zero-order valence-corrected chi connectivity index (χ0v) is 10.3. The molecule has 5 heteroatoms. The average Bonchev–Trinajstić information content (AvgIpc) is 2.37. The fraction of sp³-hybridized carbons (Fsp3) is 0.385. The molecule has 0 aromatic heterocycles. The summed E-state index contributed by atoms with van der Waals surface area (Å²) in [5.41, 5.74) is 0.467. The Morgan fingerprint density at radius 1 is 1.39 bits per heavy atom. The quantitative estimate of drug-likeness (QED) is 0.723. The molecule has 0 bridgehead atoms. The number of carboxylic acids is 1. The van der Waals surface area contributed by atoms with E-state index < -0.39 is 12.6 Å².